The van der Waals surface area contributed by atoms with Gasteiger partial charge in [0, 0.05) is 0 Å². The Morgan fingerprint density at radius 1 is 1.14 bits per heavy atom. The summed E-state index contributed by atoms with van der Waals surface area (Å²) < 4.78 is 8.15. The molecule has 0 aliphatic rings. The first-order chi connectivity index (χ1) is 10.6. The van der Waals surface area contributed by atoms with Gasteiger partial charge in [0.25, 0.3) is 5.82 Å². The van der Waals surface area contributed by atoms with Gasteiger partial charge in [-0.2, -0.15) is 0 Å². The normalized spacial score (nSPS) is 10.8. The number of fused-ring (bicyclic) bond motifs is 1. The van der Waals surface area contributed by atoms with Gasteiger partial charge < -0.3 is 4.74 Å². The van der Waals surface area contributed by atoms with Crippen LogP contribution >= 0.6 is 0 Å². The monoisotopic (exact) mass is 293 g/mol. The number of H-pyrrole nitrogens is 1. The number of allylic oxidation sites excluding steroid dienone is 1. The van der Waals surface area contributed by atoms with Crippen molar-refractivity contribution in [3.63, 3.8) is 0 Å². The molecule has 0 unspecified atom stereocenters. The van der Waals surface area contributed by atoms with Crippen molar-refractivity contribution >= 4 is 11.0 Å². The average Bonchev–Trinajstić information content (AvgIpc) is 2.84. The van der Waals surface area contributed by atoms with E-state index in [-0.39, 0.29) is 0 Å². The molecule has 3 nitrogen and oxygen atoms in total. The van der Waals surface area contributed by atoms with E-state index in [9.17, 15) is 0 Å². The molecule has 0 atom stereocenters. The topological polar surface area (TPSA) is 28.9 Å². The summed E-state index contributed by atoms with van der Waals surface area (Å²) in [5.74, 6) is 1.93. The Bertz CT molecular complexity index is 800. The first-order valence-electron chi connectivity index (χ1n) is 7.47. The summed E-state index contributed by atoms with van der Waals surface area (Å²) in [4.78, 5) is 3.45. The van der Waals surface area contributed by atoms with Crippen molar-refractivity contribution in [2.75, 3.05) is 0 Å². The minimum atomic E-state index is 0.505. The van der Waals surface area contributed by atoms with Crippen LogP contribution in [0.15, 0.2) is 60.7 Å². The van der Waals surface area contributed by atoms with Crippen LogP contribution in [0.2, 0.25) is 0 Å². The molecule has 0 amide bonds. The van der Waals surface area contributed by atoms with E-state index in [1.807, 2.05) is 25.1 Å². The van der Waals surface area contributed by atoms with Crippen molar-refractivity contribution in [3.8, 4) is 5.75 Å². The third-order valence-electron chi connectivity index (χ3n) is 3.62. The van der Waals surface area contributed by atoms with Crippen LogP contribution in [0.3, 0.4) is 0 Å². The number of aromatic nitrogens is 2. The Labute approximate surface area is 130 Å². The molecule has 1 aromatic heterocycles. The summed E-state index contributed by atoms with van der Waals surface area (Å²) in [7, 11) is 0. The Morgan fingerprint density at radius 2 is 1.86 bits per heavy atom. The molecule has 2 aromatic carbocycles. The molecule has 0 radical (unpaired) electrons. The second-order valence-corrected chi connectivity index (χ2v) is 5.73. The number of para-hydroxylation sites is 2. The number of benzene rings is 2. The predicted molar refractivity (Wildman–Crippen MR) is 88.8 cm³/mol. The van der Waals surface area contributed by atoms with Gasteiger partial charge in [0.2, 0.25) is 0 Å². The highest BCUT2D eigenvalue weighted by molar-refractivity contribution is 5.71. The first kappa shape index (κ1) is 14.4. The maximum atomic E-state index is 5.92. The van der Waals surface area contributed by atoms with Gasteiger partial charge in [-0.05, 0) is 43.7 Å². The van der Waals surface area contributed by atoms with E-state index in [2.05, 4.69) is 53.4 Å². The number of nitrogens with one attached hydrogen (secondary N) is 1. The molecule has 0 aliphatic carbocycles. The number of imidazole rings is 1. The summed E-state index contributed by atoms with van der Waals surface area (Å²) >= 11 is 0. The molecule has 1 N–H and O–H groups in total. The zero-order valence-corrected chi connectivity index (χ0v) is 13.1. The van der Waals surface area contributed by atoms with Crippen LogP contribution in [0, 0.1) is 6.92 Å². The maximum Gasteiger partial charge on any atom is 0.294 e. The molecule has 1 heterocycles. The van der Waals surface area contributed by atoms with E-state index in [0.29, 0.717) is 6.61 Å². The van der Waals surface area contributed by atoms with Gasteiger partial charge in [-0.3, -0.25) is 0 Å². The van der Waals surface area contributed by atoms with Crippen LogP contribution in [0.25, 0.3) is 11.0 Å². The van der Waals surface area contributed by atoms with Crippen LogP contribution in [0.4, 0.5) is 0 Å². The van der Waals surface area contributed by atoms with E-state index in [1.165, 1.54) is 11.1 Å². The third-order valence-corrected chi connectivity index (χ3v) is 3.62. The molecule has 3 heteroatoms. The van der Waals surface area contributed by atoms with E-state index in [0.717, 1.165) is 29.2 Å². The zero-order chi connectivity index (χ0) is 15.5. The van der Waals surface area contributed by atoms with Gasteiger partial charge >= 0.3 is 0 Å². The highest BCUT2D eigenvalue weighted by Crippen LogP contribution is 2.15. The average molecular weight is 293 g/mol. The van der Waals surface area contributed by atoms with Crippen molar-refractivity contribution in [1.29, 1.82) is 0 Å². The van der Waals surface area contributed by atoms with Gasteiger partial charge in [-0.1, -0.05) is 36.4 Å². The number of ether oxygens (including phenoxy) is 1. The standard InChI is InChI=1S/C19H20N2O/c1-14(2)12-21-18-7-5-4-6-17(18)20-19(21)13-22-16-10-8-15(3)9-11-16/h4-11H,1,12-13H2,2-3H3/p+1. The van der Waals surface area contributed by atoms with Crippen molar-refractivity contribution in [1.82, 2.24) is 4.98 Å². The summed E-state index contributed by atoms with van der Waals surface area (Å²) in [6, 6.07) is 16.4. The molecule has 22 heavy (non-hydrogen) atoms. The lowest BCUT2D eigenvalue weighted by molar-refractivity contribution is -0.672. The Hall–Kier alpha value is -2.55. The molecule has 0 aliphatic heterocycles. The first-order valence-corrected chi connectivity index (χ1v) is 7.47. The van der Waals surface area contributed by atoms with Crippen molar-refractivity contribution in [2.45, 2.75) is 27.0 Å². The fourth-order valence-corrected chi connectivity index (χ4v) is 2.53. The van der Waals surface area contributed by atoms with Crippen LogP contribution in [0.1, 0.15) is 18.3 Å². The Morgan fingerprint density at radius 3 is 2.59 bits per heavy atom. The number of hydrogen-bond donors (Lipinski definition) is 1. The lowest BCUT2D eigenvalue weighted by atomic mass is 10.2. The highest BCUT2D eigenvalue weighted by atomic mass is 16.5. The molecule has 0 saturated carbocycles. The molecule has 3 rings (SSSR count). The molecule has 0 spiro atoms. The van der Waals surface area contributed by atoms with Crippen molar-refractivity contribution in [3.05, 3.63) is 72.1 Å². The molecule has 0 fully saturated rings. The van der Waals surface area contributed by atoms with E-state index >= 15 is 0 Å². The van der Waals surface area contributed by atoms with Gasteiger partial charge in [-0.25, -0.2) is 9.55 Å². The van der Waals surface area contributed by atoms with E-state index in [4.69, 9.17) is 4.74 Å². The number of nitrogens with zero attached hydrogens (tertiary/aromatic N) is 1. The van der Waals surface area contributed by atoms with Gasteiger partial charge in [-0.15, -0.1) is 0 Å². The van der Waals surface area contributed by atoms with E-state index < -0.39 is 0 Å². The third kappa shape index (κ3) is 3.03. The smallest absolute Gasteiger partial charge is 0.294 e. The summed E-state index contributed by atoms with van der Waals surface area (Å²) in [5.41, 5.74) is 4.64. The molecule has 112 valence electrons. The lowest BCUT2D eigenvalue weighted by Gasteiger charge is -2.05. The minimum Gasteiger partial charge on any atom is -0.481 e. The summed E-state index contributed by atoms with van der Waals surface area (Å²) in [5, 5.41) is 0. The molecule has 0 saturated heterocycles. The van der Waals surface area contributed by atoms with Gasteiger partial charge in [0.1, 0.15) is 12.3 Å². The fourth-order valence-electron chi connectivity index (χ4n) is 2.53. The van der Waals surface area contributed by atoms with Crippen LogP contribution in [0.5, 0.6) is 5.75 Å². The molecule has 0 bridgehead atoms. The van der Waals surface area contributed by atoms with Gasteiger partial charge in [0.05, 0.1) is 0 Å². The lowest BCUT2D eigenvalue weighted by Crippen LogP contribution is -2.38. The Balaban J connectivity index is 1.88. The predicted octanol–water partition coefficient (Wildman–Crippen LogP) is 3.92. The number of aromatic amines is 1. The van der Waals surface area contributed by atoms with Crippen LogP contribution in [-0.4, -0.2) is 4.98 Å². The van der Waals surface area contributed by atoms with Crippen LogP contribution in [-0.2, 0) is 13.2 Å². The largest absolute Gasteiger partial charge is 0.481 e. The van der Waals surface area contributed by atoms with Crippen molar-refractivity contribution in [2.24, 2.45) is 0 Å². The maximum absolute atomic E-state index is 5.92. The summed E-state index contributed by atoms with van der Waals surface area (Å²) in [6.07, 6.45) is 0. The highest BCUT2D eigenvalue weighted by Gasteiger charge is 2.18. The molecule has 3 aromatic rings. The second-order valence-electron chi connectivity index (χ2n) is 5.73. The minimum absolute atomic E-state index is 0.505. The van der Waals surface area contributed by atoms with Gasteiger partial charge in [0.15, 0.2) is 17.6 Å². The zero-order valence-electron chi connectivity index (χ0n) is 13.1. The second kappa shape index (κ2) is 6.06. The quantitative estimate of drug-likeness (QED) is 0.560. The number of aryl methyl sites for hydroxylation is 1. The van der Waals surface area contributed by atoms with Crippen molar-refractivity contribution < 1.29 is 9.30 Å². The SMILES string of the molecule is C=C(C)C[n+]1c(COc2ccc(C)cc2)[nH]c2ccccc21. The number of rotatable bonds is 5. The molecular formula is C19H21N2O+. The number of hydrogen-bond acceptors (Lipinski definition) is 1. The molecular weight excluding hydrogens is 272 g/mol. The fraction of sp³-hybridized carbons (Fsp3) is 0.211. The summed E-state index contributed by atoms with van der Waals surface area (Å²) in [6.45, 7) is 9.44. The van der Waals surface area contributed by atoms with E-state index in [1.54, 1.807) is 0 Å². The Kier molecular flexibility index (Phi) is 3.96. The van der Waals surface area contributed by atoms with Crippen LogP contribution < -0.4 is 9.30 Å².